The zero-order chi connectivity index (χ0) is 76.8. The minimum absolute atomic E-state index is 0.716. The lowest BCUT2D eigenvalue weighted by atomic mass is 9.72. The second-order valence-electron chi connectivity index (χ2n) is 27.3. The van der Waals surface area contributed by atoms with Gasteiger partial charge in [-0.3, -0.25) is 0 Å². The molecule has 12 nitrogen and oxygen atoms in total. The van der Waals surface area contributed by atoms with Crippen molar-refractivity contribution in [3.8, 4) is 107 Å². The van der Waals surface area contributed by atoms with E-state index in [0.717, 1.165) is 136 Å². The summed E-state index contributed by atoms with van der Waals surface area (Å²) < 4.78 is 45.7. The van der Waals surface area contributed by atoms with Gasteiger partial charge in [-0.05, 0) is 263 Å². The second-order valence-corrected chi connectivity index (χ2v) is 31.5. The average Bonchev–Trinajstić information content (AvgIpc) is 1.49. The molecule has 0 saturated carbocycles. The summed E-state index contributed by atoms with van der Waals surface area (Å²) in [6.07, 6.45) is 0. The highest BCUT2D eigenvalue weighted by Gasteiger charge is 2.56. The lowest BCUT2D eigenvalue weighted by molar-refractivity contribution is 0.414. The highest BCUT2D eigenvalue weighted by molar-refractivity contribution is 7.27. The number of thiophene rings is 4. The van der Waals surface area contributed by atoms with Crippen molar-refractivity contribution >= 4 is 114 Å². The van der Waals surface area contributed by atoms with Gasteiger partial charge in [-0.2, -0.15) is 0 Å². The van der Waals surface area contributed by atoms with Gasteiger partial charge < -0.3 is 57.5 Å². The molecule has 16 aromatic rings. The molecule has 4 heterocycles. The van der Waals surface area contributed by atoms with Crippen LogP contribution in [0, 0.1) is 0 Å². The van der Waals surface area contributed by atoms with Crippen LogP contribution in [0.2, 0.25) is 0 Å². The molecular formula is C97H76N4O8S4. The van der Waals surface area contributed by atoms with Crippen molar-refractivity contribution < 1.29 is 37.9 Å². The van der Waals surface area contributed by atoms with Crippen LogP contribution in [-0.2, 0) is 5.41 Å². The van der Waals surface area contributed by atoms with Gasteiger partial charge in [-0.15, -0.1) is 45.3 Å². The largest absolute Gasteiger partial charge is 0.497 e. The van der Waals surface area contributed by atoms with E-state index in [1.165, 1.54) is 61.3 Å². The Hall–Kier alpha value is -13.0. The number of methoxy groups -OCH3 is 8. The van der Waals surface area contributed by atoms with Crippen LogP contribution in [0.25, 0.3) is 61.3 Å². The Morgan fingerprint density at radius 2 is 0.363 bits per heavy atom. The van der Waals surface area contributed by atoms with Gasteiger partial charge in [-0.1, -0.05) is 72.8 Å². The summed E-state index contributed by atoms with van der Waals surface area (Å²) in [5, 5.41) is 0. The summed E-state index contributed by atoms with van der Waals surface area (Å²) in [5.41, 5.74) is 20.8. The maximum Gasteiger partial charge on any atom is 0.120 e. The first-order valence-electron chi connectivity index (χ1n) is 36.9. The minimum Gasteiger partial charge on any atom is -0.497 e. The Bertz CT molecular complexity index is 5550. The predicted octanol–water partition coefficient (Wildman–Crippen LogP) is 26.9. The molecule has 12 aromatic carbocycles. The summed E-state index contributed by atoms with van der Waals surface area (Å²) in [6.45, 7) is 0. The van der Waals surface area contributed by atoms with Crippen LogP contribution < -0.4 is 57.5 Å². The molecule has 2 aliphatic rings. The van der Waals surface area contributed by atoms with Crippen molar-refractivity contribution in [3.63, 3.8) is 0 Å². The van der Waals surface area contributed by atoms with E-state index in [2.05, 4.69) is 238 Å². The fourth-order valence-electron chi connectivity index (χ4n) is 15.6. The Balaban J connectivity index is 0.809. The summed E-state index contributed by atoms with van der Waals surface area (Å²) in [7, 11) is 13.6. The van der Waals surface area contributed by atoms with Crippen molar-refractivity contribution in [2.75, 3.05) is 76.5 Å². The summed E-state index contributed by atoms with van der Waals surface area (Å²) >= 11 is 7.54. The van der Waals surface area contributed by atoms with Gasteiger partial charge in [0.2, 0.25) is 0 Å². The fourth-order valence-corrected chi connectivity index (χ4v) is 20.8. The van der Waals surface area contributed by atoms with E-state index < -0.39 is 5.41 Å². The first-order valence-corrected chi connectivity index (χ1v) is 40.1. The van der Waals surface area contributed by atoms with Crippen LogP contribution in [0.15, 0.2) is 315 Å². The number of hydrogen-bond acceptors (Lipinski definition) is 16. The number of nitrogens with zero attached hydrogens (tertiary/aromatic N) is 4. The van der Waals surface area contributed by atoms with Crippen molar-refractivity contribution in [1.82, 2.24) is 0 Å². The molecule has 0 unspecified atom stereocenters. The molecule has 113 heavy (non-hydrogen) atoms. The van der Waals surface area contributed by atoms with Crippen molar-refractivity contribution in [2.24, 2.45) is 0 Å². The summed E-state index contributed by atoms with van der Waals surface area (Å²) in [4.78, 5) is 18.9. The van der Waals surface area contributed by atoms with E-state index >= 15 is 0 Å². The summed E-state index contributed by atoms with van der Waals surface area (Å²) in [6, 6.07) is 112. The molecule has 4 aromatic heterocycles. The van der Waals surface area contributed by atoms with Gasteiger partial charge in [-0.25, -0.2) is 0 Å². The topological polar surface area (TPSA) is 86.8 Å². The van der Waals surface area contributed by atoms with E-state index in [1.54, 1.807) is 56.9 Å². The van der Waals surface area contributed by atoms with Crippen LogP contribution in [-0.4, -0.2) is 56.9 Å². The Labute approximate surface area is 673 Å². The van der Waals surface area contributed by atoms with E-state index in [9.17, 15) is 0 Å². The molecule has 0 N–H and O–H groups in total. The maximum absolute atomic E-state index is 5.80. The van der Waals surface area contributed by atoms with Gasteiger partial charge in [0.25, 0.3) is 0 Å². The molecule has 0 fully saturated rings. The first-order chi connectivity index (χ1) is 55.5. The standard InChI is InChI=1S/C97H76N4O8S4/c1-102-77-45-37-69(38-46-77)98(70-39-47-78(103-2)48-40-70)65-29-21-61(22-30-65)89-57-85-93(110-89)94-86(58-90(111-94)62-23-31-66(32-24-62)99(71-41-49-79(104-3)50-42-71)72-43-51-80(105-4)52-44-72)97(85)87-59-91(63-25-33-67(34-26-63)100(73-13-9-17-81(53-73)106-5)74-14-10-18-82(54-74)107-6)112-95(87)96-88(97)60-92(113-96)64-27-35-68(36-28-64)101(75-15-11-19-83(55-75)108-7)76-16-12-20-84(56-76)109-8/h9-60H,1-8H3. The summed E-state index contributed by atoms with van der Waals surface area (Å²) in [5.74, 6) is 6.23. The Morgan fingerprint density at radius 3 is 0.549 bits per heavy atom. The van der Waals surface area contributed by atoms with E-state index in [1.807, 2.05) is 142 Å². The van der Waals surface area contributed by atoms with Gasteiger partial charge >= 0.3 is 0 Å². The van der Waals surface area contributed by atoms with Crippen LogP contribution in [0.1, 0.15) is 22.3 Å². The maximum atomic E-state index is 5.80. The van der Waals surface area contributed by atoms with Crippen molar-refractivity contribution in [1.29, 1.82) is 0 Å². The Morgan fingerprint density at radius 1 is 0.186 bits per heavy atom. The highest BCUT2D eigenvalue weighted by atomic mass is 32.1. The third kappa shape index (κ3) is 13.1. The normalized spacial score (nSPS) is 12.0. The molecule has 1 spiro atoms. The third-order valence-electron chi connectivity index (χ3n) is 21.2. The SMILES string of the molecule is COc1ccc(N(c2ccc(OC)cc2)c2ccc(-c3cc4c(s3)-c3sc(-c5ccc(N(c6ccc(OC)cc6)c6ccc(OC)cc6)cc5)cc3C43c4cc(-c5ccc(N(c6cccc(OC)c6)c6cccc(OC)c6)cc5)sc4-c4sc(-c5ccc(N(c6cccc(OC)c6)c6cccc(OC)c6)cc5)cc43)cc2)cc1. The van der Waals surface area contributed by atoms with Crippen LogP contribution in [0.4, 0.5) is 68.2 Å². The third-order valence-corrected chi connectivity index (χ3v) is 26.2. The Kier molecular flexibility index (Phi) is 19.3. The monoisotopic (exact) mass is 1550 g/mol. The number of anilines is 12. The van der Waals surface area contributed by atoms with Crippen molar-refractivity contribution in [2.45, 2.75) is 5.41 Å². The smallest absolute Gasteiger partial charge is 0.120 e. The molecule has 0 aliphatic heterocycles. The highest BCUT2D eigenvalue weighted by Crippen LogP contribution is 2.71. The van der Waals surface area contributed by atoms with Gasteiger partial charge in [0.05, 0.1) is 81.8 Å². The predicted molar refractivity (Wildman–Crippen MR) is 467 cm³/mol. The number of rotatable bonds is 24. The van der Waals surface area contributed by atoms with Crippen LogP contribution in [0.3, 0.4) is 0 Å². The molecule has 18 rings (SSSR count). The molecule has 0 atom stereocenters. The molecule has 2 aliphatic carbocycles. The van der Waals surface area contributed by atoms with Crippen molar-refractivity contribution in [3.05, 3.63) is 338 Å². The molecule has 16 heteroatoms. The number of hydrogen-bond donors (Lipinski definition) is 0. The van der Waals surface area contributed by atoms with Gasteiger partial charge in [0.1, 0.15) is 46.0 Å². The lowest BCUT2D eigenvalue weighted by Crippen LogP contribution is -2.24. The first kappa shape index (κ1) is 71.6. The molecule has 0 saturated heterocycles. The minimum atomic E-state index is -0.716. The van der Waals surface area contributed by atoms with Gasteiger partial charge in [0.15, 0.2) is 0 Å². The molecule has 0 radical (unpaired) electrons. The molecule has 0 bridgehead atoms. The van der Waals surface area contributed by atoms with Gasteiger partial charge in [0, 0.05) is 112 Å². The quantitative estimate of drug-likeness (QED) is 0.0577. The second kappa shape index (κ2) is 30.4. The van der Waals surface area contributed by atoms with Crippen LogP contribution in [0.5, 0.6) is 46.0 Å². The van der Waals surface area contributed by atoms with Crippen LogP contribution >= 0.6 is 45.3 Å². The van der Waals surface area contributed by atoms with E-state index in [0.29, 0.717) is 0 Å². The molecule has 0 amide bonds. The van der Waals surface area contributed by atoms with E-state index in [-0.39, 0.29) is 0 Å². The zero-order valence-electron chi connectivity index (χ0n) is 63.2. The fraction of sp³-hybridized carbons (Fsp3) is 0.0928. The number of ether oxygens (including phenoxy) is 8. The molecular weight excluding hydrogens is 1480 g/mol. The number of fused-ring (bicyclic) bond motifs is 10. The average molecular weight is 1550 g/mol. The number of benzene rings is 12. The molecule has 556 valence electrons. The lowest BCUT2D eigenvalue weighted by Gasteiger charge is -2.28. The van der Waals surface area contributed by atoms with E-state index in [4.69, 9.17) is 37.9 Å². The zero-order valence-corrected chi connectivity index (χ0v) is 66.5.